The van der Waals surface area contributed by atoms with Crippen molar-refractivity contribution in [3.8, 4) is 16.1 Å². The molecule has 0 unspecified atom stereocenters. The highest BCUT2D eigenvalue weighted by Crippen LogP contribution is 2.39. The van der Waals surface area contributed by atoms with Crippen LogP contribution >= 0.6 is 11.3 Å². The number of benzene rings is 4. The van der Waals surface area contributed by atoms with Gasteiger partial charge >= 0.3 is 11.7 Å². The first kappa shape index (κ1) is 33.4. The number of carbonyl (C=O) groups is 1. The summed E-state index contributed by atoms with van der Waals surface area (Å²) in [5, 5.41) is 5.64. The molecule has 8 nitrogen and oxygen atoms in total. The Bertz CT molecular complexity index is 2230. The van der Waals surface area contributed by atoms with E-state index in [9.17, 15) is 18.8 Å². The normalized spacial score (nSPS) is 11.3. The van der Waals surface area contributed by atoms with Gasteiger partial charge in [0.25, 0.3) is 5.56 Å². The number of urea groups is 1. The highest BCUT2D eigenvalue weighted by atomic mass is 32.1. The molecule has 6 rings (SSSR count). The van der Waals surface area contributed by atoms with Gasteiger partial charge in [0.2, 0.25) is 0 Å². The Hall–Kier alpha value is -5.46. The maximum atomic E-state index is 15.0. The number of hydrogen-bond acceptors (Lipinski definition) is 5. The van der Waals surface area contributed by atoms with Crippen molar-refractivity contribution in [3.05, 3.63) is 152 Å². The molecule has 2 amide bonds. The molecule has 0 radical (unpaired) electrons. The van der Waals surface area contributed by atoms with Crippen LogP contribution in [0.4, 0.5) is 23.7 Å². The standard InChI is InChI=1S/C37H32F3N5O3S/c1-3-41-36(47)42-26-16-12-24(13-17-26)33-29(21-43(2)20-23-8-5-4-6-9-23)32-34(46)45(27-18-14-25(38)15-19-27)37(48)44(35(32)49-33)22-28-30(39)10-7-11-31(28)40/h4-19H,3,20-22H2,1-2H3,(H2,41,42,47). The molecule has 12 heteroatoms. The molecule has 250 valence electrons. The minimum atomic E-state index is -0.839. The Morgan fingerprint density at radius 1 is 0.816 bits per heavy atom. The smallest absolute Gasteiger partial charge is 0.337 e. The van der Waals surface area contributed by atoms with E-state index >= 15 is 8.78 Å². The number of anilines is 1. The zero-order valence-corrected chi connectivity index (χ0v) is 27.5. The summed E-state index contributed by atoms with van der Waals surface area (Å²) in [5.74, 6) is -2.23. The van der Waals surface area contributed by atoms with Crippen molar-refractivity contribution < 1.29 is 18.0 Å². The number of hydrogen-bond donors (Lipinski definition) is 2. The molecular formula is C37H32F3N5O3S. The summed E-state index contributed by atoms with van der Waals surface area (Å²) in [6, 6.07) is 24.8. The third-order valence-corrected chi connectivity index (χ3v) is 9.31. The van der Waals surface area contributed by atoms with Gasteiger partial charge in [0.1, 0.15) is 22.3 Å². The summed E-state index contributed by atoms with van der Waals surface area (Å²) < 4.78 is 46.1. The molecule has 0 fully saturated rings. The molecule has 0 aliphatic rings. The number of aromatic nitrogens is 2. The van der Waals surface area contributed by atoms with Gasteiger partial charge in [0, 0.05) is 35.8 Å². The number of thiophene rings is 1. The Balaban J connectivity index is 1.59. The molecule has 2 heterocycles. The molecule has 2 aromatic heterocycles. The van der Waals surface area contributed by atoms with Crippen LogP contribution < -0.4 is 21.9 Å². The number of rotatable bonds is 10. The van der Waals surface area contributed by atoms with Crippen LogP contribution in [0.2, 0.25) is 0 Å². The molecule has 0 bridgehead atoms. The molecule has 2 N–H and O–H groups in total. The van der Waals surface area contributed by atoms with Gasteiger partial charge in [0.05, 0.1) is 17.6 Å². The Labute approximate surface area is 283 Å². The highest BCUT2D eigenvalue weighted by Gasteiger charge is 2.26. The zero-order chi connectivity index (χ0) is 34.7. The molecule has 4 aromatic carbocycles. The van der Waals surface area contributed by atoms with E-state index in [0.29, 0.717) is 34.8 Å². The fourth-order valence-electron chi connectivity index (χ4n) is 5.71. The van der Waals surface area contributed by atoms with Crippen LogP contribution in [0.3, 0.4) is 0 Å². The van der Waals surface area contributed by atoms with Crippen molar-refractivity contribution in [1.82, 2.24) is 19.4 Å². The zero-order valence-electron chi connectivity index (χ0n) is 26.7. The molecule has 49 heavy (non-hydrogen) atoms. The summed E-state index contributed by atoms with van der Waals surface area (Å²) >= 11 is 1.16. The largest absolute Gasteiger partial charge is 0.338 e. The average molecular weight is 684 g/mol. The molecule has 0 atom stereocenters. The van der Waals surface area contributed by atoms with E-state index in [1.807, 2.05) is 49.2 Å². The van der Waals surface area contributed by atoms with Crippen molar-refractivity contribution >= 4 is 33.3 Å². The quantitative estimate of drug-likeness (QED) is 0.161. The number of fused-ring (bicyclic) bond motifs is 1. The summed E-state index contributed by atoms with van der Waals surface area (Å²) in [4.78, 5) is 43.7. The number of nitrogens with zero attached hydrogens (tertiary/aromatic N) is 3. The van der Waals surface area contributed by atoms with E-state index in [-0.39, 0.29) is 34.0 Å². The van der Waals surface area contributed by atoms with Crippen LogP contribution in [0.5, 0.6) is 0 Å². The first-order chi connectivity index (χ1) is 23.6. The second-order valence-electron chi connectivity index (χ2n) is 11.5. The molecule has 0 aliphatic heterocycles. The van der Waals surface area contributed by atoms with Gasteiger partial charge in [-0.2, -0.15) is 0 Å². The predicted octanol–water partition coefficient (Wildman–Crippen LogP) is 7.12. The number of halogens is 3. The van der Waals surface area contributed by atoms with Crippen LogP contribution in [0.15, 0.2) is 107 Å². The summed E-state index contributed by atoms with van der Waals surface area (Å²) in [6.45, 7) is 2.58. The molecule has 6 aromatic rings. The summed E-state index contributed by atoms with van der Waals surface area (Å²) in [5.41, 5.74) is 1.20. The first-order valence-corrected chi connectivity index (χ1v) is 16.3. The average Bonchev–Trinajstić information content (AvgIpc) is 3.45. The minimum absolute atomic E-state index is 0.109. The van der Waals surface area contributed by atoms with Crippen LogP contribution in [0.1, 0.15) is 23.6 Å². The fourth-order valence-corrected chi connectivity index (χ4v) is 7.02. The van der Waals surface area contributed by atoms with Gasteiger partial charge in [-0.15, -0.1) is 11.3 Å². The molecule has 0 saturated heterocycles. The van der Waals surface area contributed by atoms with Crippen molar-refractivity contribution in [2.45, 2.75) is 26.6 Å². The number of nitrogens with one attached hydrogen (secondary N) is 2. The van der Waals surface area contributed by atoms with Crippen LogP contribution in [0, 0.1) is 17.5 Å². The predicted molar refractivity (Wildman–Crippen MR) is 187 cm³/mol. The fraction of sp³-hybridized carbons (Fsp3) is 0.162. The van der Waals surface area contributed by atoms with E-state index in [4.69, 9.17) is 0 Å². The molecule has 0 saturated carbocycles. The Morgan fingerprint density at radius 3 is 2.14 bits per heavy atom. The van der Waals surface area contributed by atoms with Crippen LogP contribution in [-0.2, 0) is 19.6 Å². The van der Waals surface area contributed by atoms with E-state index in [1.54, 1.807) is 24.3 Å². The lowest BCUT2D eigenvalue weighted by molar-refractivity contribution is 0.252. The van der Waals surface area contributed by atoms with Crippen molar-refractivity contribution in [2.24, 2.45) is 0 Å². The van der Waals surface area contributed by atoms with Crippen molar-refractivity contribution in [1.29, 1.82) is 0 Å². The minimum Gasteiger partial charge on any atom is -0.338 e. The number of amides is 2. The maximum absolute atomic E-state index is 15.0. The summed E-state index contributed by atoms with van der Waals surface area (Å²) in [7, 11) is 1.91. The lowest BCUT2D eigenvalue weighted by Gasteiger charge is -2.18. The van der Waals surface area contributed by atoms with Gasteiger partial charge in [-0.05, 0) is 79.2 Å². The number of carbonyl (C=O) groups excluding carboxylic acids is 1. The Morgan fingerprint density at radius 2 is 1.49 bits per heavy atom. The van der Waals surface area contributed by atoms with Crippen molar-refractivity contribution in [2.75, 3.05) is 18.9 Å². The molecule has 0 aliphatic carbocycles. The van der Waals surface area contributed by atoms with E-state index in [1.165, 1.54) is 22.8 Å². The first-order valence-electron chi connectivity index (χ1n) is 15.5. The third kappa shape index (κ3) is 7.06. The lowest BCUT2D eigenvalue weighted by atomic mass is 10.1. The second kappa shape index (κ2) is 14.3. The molecule has 0 spiro atoms. The maximum Gasteiger partial charge on any atom is 0.337 e. The topological polar surface area (TPSA) is 88.4 Å². The van der Waals surface area contributed by atoms with Gasteiger partial charge in [-0.3, -0.25) is 14.3 Å². The van der Waals surface area contributed by atoms with Gasteiger partial charge in [-0.1, -0.05) is 48.5 Å². The van der Waals surface area contributed by atoms with Gasteiger partial charge in [-0.25, -0.2) is 27.3 Å². The monoisotopic (exact) mass is 683 g/mol. The van der Waals surface area contributed by atoms with Crippen molar-refractivity contribution in [3.63, 3.8) is 0 Å². The van der Waals surface area contributed by atoms with Crippen LogP contribution in [-0.4, -0.2) is 33.7 Å². The van der Waals surface area contributed by atoms with E-state index < -0.39 is 35.2 Å². The SMILES string of the molecule is CCNC(=O)Nc1ccc(-c2sc3c(c2CN(C)Cc2ccccc2)c(=O)n(-c2ccc(F)cc2)c(=O)n3Cc2c(F)cccc2F)cc1. The Kier molecular flexibility index (Phi) is 9.79. The molecular weight excluding hydrogens is 652 g/mol. The lowest BCUT2D eigenvalue weighted by Crippen LogP contribution is -2.39. The van der Waals surface area contributed by atoms with Crippen LogP contribution in [0.25, 0.3) is 26.3 Å². The van der Waals surface area contributed by atoms with E-state index in [0.717, 1.165) is 45.7 Å². The van der Waals surface area contributed by atoms with E-state index in [2.05, 4.69) is 10.6 Å². The third-order valence-electron chi connectivity index (χ3n) is 8.00. The highest BCUT2D eigenvalue weighted by molar-refractivity contribution is 7.22. The van der Waals surface area contributed by atoms with Gasteiger partial charge in [0.15, 0.2) is 0 Å². The van der Waals surface area contributed by atoms with Gasteiger partial charge < -0.3 is 10.6 Å². The summed E-state index contributed by atoms with van der Waals surface area (Å²) in [6.07, 6.45) is 0. The second-order valence-corrected chi connectivity index (χ2v) is 12.5.